The monoisotopic (exact) mass is 689 g/mol. The van der Waals surface area contributed by atoms with E-state index in [0.29, 0.717) is 55.3 Å². The zero-order valence-electron chi connectivity index (χ0n) is 27.8. The van der Waals surface area contributed by atoms with Gasteiger partial charge >= 0.3 is 6.09 Å². The molecule has 1 saturated heterocycles. The Labute approximate surface area is 288 Å². The second-order valence-electron chi connectivity index (χ2n) is 13.5. The van der Waals surface area contributed by atoms with Crippen molar-refractivity contribution in [2.75, 3.05) is 13.1 Å². The molecule has 13 heteroatoms. The summed E-state index contributed by atoms with van der Waals surface area (Å²) < 4.78 is 8.42. The number of amides is 1. The number of aromatic nitrogens is 5. The van der Waals surface area contributed by atoms with Crippen LogP contribution in [0.15, 0.2) is 59.0 Å². The molecule has 0 radical (unpaired) electrons. The Hall–Kier alpha value is -4.10. The predicted molar refractivity (Wildman–Crippen MR) is 188 cm³/mol. The lowest BCUT2D eigenvalue weighted by Gasteiger charge is -2.38. The van der Waals surface area contributed by atoms with E-state index in [1.807, 2.05) is 69.5 Å². The van der Waals surface area contributed by atoms with Crippen LogP contribution in [0.2, 0.25) is 5.02 Å². The van der Waals surface area contributed by atoms with E-state index in [1.165, 1.54) is 10.9 Å². The molecule has 0 aliphatic carbocycles. The maximum absolute atomic E-state index is 13.6. The number of piperidine rings is 1. The van der Waals surface area contributed by atoms with Gasteiger partial charge in [-0.2, -0.15) is 5.10 Å². The fourth-order valence-corrected chi connectivity index (χ4v) is 6.84. The first-order valence-corrected chi connectivity index (χ1v) is 17.2. The first kappa shape index (κ1) is 33.8. The summed E-state index contributed by atoms with van der Waals surface area (Å²) in [6.07, 6.45) is 2.04. The van der Waals surface area contributed by atoms with Crippen LogP contribution >= 0.6 is 22.9 Å². The van der Waals surface area contributed by atoms with Gasteiger partial charge in [-0.25, -0.2) is 14.8 Å². The van der Waals surface area contributed by atoms with E-state index in [2.05, 4.69) is 31.3 Å². The molecule has 48 heavy (non-hydrogen) atoms. The van der Waals surface area contributed by atoms with E-state index in [0.717, 1.165) is 33.0 Å². The molecular formula is C35H40ClN7O4S. The number of halogens is 1. The fraction of sp³-hybridized carbons (Fsp3) is 0.400. The number of rotatable bonds is 8. The summed E-state index contributed by atoms with van der Waals surface area (Å²) >= 11 is 8.28. The van der Waals surface area contributed by atoms with E-state index in [1.54, 1.807) is 23.1 Å². The number of aryl methyl sites for hydroxylation is 2. The maximum Gasteiger partial charge on any atom is 0.407 e. The lowest BCUT2D eigenvalue weighted by Crippen LogP contribution is -2.47. The maximum atomic E-state index is 13.6. The van der Waals surface area contributed by atoms with Crippen LogP contribution in [0.25, 0.3) is 33.5 Å². The Balaban J connectivity index is 1.09. The third kappa shape index (κ3) is 7.62. The average molecular weight is 690 g/mol. The van der Waals surface area contributed by atoms with Crippen LogP contribution in [-0.2, 0) is 31.4 Å². The van der Waals surface area contributed by atoms with Crippen molar-refractivity contribution < 1.29 is 14.6 Å². The number of aliphatic hydroxyl groups is 1. The third-order valence-electron chi connectivity index (χ3n) is 8.49. The first-order chi connectivity index (χ1) is 22.8. The lowest BCUT2D eigenvalue weighted by atomic mass is 9.91. The van der Waals surface area contributed by atoms with Gasteiger partial charge in [-0.15, -0.1) is 11.3 Å². The molecule has 1 aliphatic rings. The van der Waals surface area contributed by atoms with Crippen molar-refractivity contribution in [2.24, 2.45) is 7.05 Å². The van der Waals surface area contributed by atoms with Crippen LogP contribution in [0.1, 0.15) is 49.7 Å². The summed E-state index contributed by atoms with van der Waals surface area (Å²) in [5.74, 6) is 0. The van der Waals surface area contributed by atoms with Gasteiger partial charge in [0, 0.05) is 54.8 Å². The lowest BCUT2D eigenvalue weighted by molar-refractivity contribution is -0.0364. The van der Waals surface area contributed by atoms with Gasteiger partial charge in [0.1, 0.15) is 11.1 Å². The highest BCUT2D eigenvalue weighted by molar-refractivity contribution is 7.09. The van der Waals surface area contributed by atoms with Crippen molar-refractivity contribution in [3.63, 3.8) is 0 Å². The van der Waals surface area contributed by atoms with E-state index >= 15 is 0 Å². The number of hydrogen-bond acceptors (Lipinski definition) is 9. The average Bonchev–Trinajstić information content (AvgIpc) is 3.62. The standard InChI is InChI=1S/C35H40ClN7O4S/c1-22-39-28(19-48-22)25-10-11-26(27(36)16-25)18-42-14-12-35(46,13-15-42)20-43-21-38-29-30(32(43)44)40-41(5)31(29)24-8-6-23(7-9-24)17-37-33(45)47-34(2,3)4/h6-11,16,19,21,46H,12-15,17-18,20H2,1-5H3,(H,37,45). The van der Waals surface area contributed by atoms with Gasteiger partial charge in [0.25, 0.3) is 5.56 Å². The molecule has 0 bridgehead atoms. The fourth-order valence-electron chi connectivity index (χ4n) is 5.97. The molecule has 0 spiro atoms. The molecule has 252 valence electrons. The molecule has 0 unspecified atom stereocenters. The van der Waals surface area contributed by atoms with Crippen molar-refractivity contribution in [2.45, 2.75) is 71.4 Å². The smallest absolute Gasteiger partial charge is 0.407 e. The van der Waals surface area contributed by atoms with Gasteiger partial charge in [0.05, 0.1) is 34.9 Å². The summed E-state index contributed by atoms with van der Waals surface area (Å²) in [6, 6.07) is 13.7. The third-order valence-corrected chi connectivity index (χ3v) is 9.61. The predicted octanol–water partition coefficient (Wildman–Crippen LogP) is 5.93. The molecule has 3 aromatic heterocycles. The molecule has 1 amide bonds. The number of hydrogen-bond donors (Lipinski definition) is 2. The van der Waals surface area contributed by atoms with Gasteiger partial charge in [-0.1, -0.05) is 48.0 Å². The van der Waals surface area contributed by atoms with Crippen LogP contribution in [0, 0.1) is 6.92 Å². The first-order valence-electron chi connectivity index (χ1n) is 15.9. The molecular weight excluding hydrogens is 650 g/mol. The second-order valence-corrected chi connectivity index (χ2v) is 14.9. The molecule has 0 atom stereocenters. The summed E-state index contributed by atoms with van der Waals surface area (Å²) in [4.78, 5) is 37.0. The molecule has 6 rings (SSSR count). The number of alkyl carbamates (subject to hydrolysis) is 1. The Morgan fingerprint density at radius 2 is 1.81 bits per heavy atom. The summed E-state index contributed by atoms with van der Waals surface area (Å²) in [5.41, 5.74) is 4.23. The number of benzene rings is 2. The van der Waals surface area contributed by atoms with Crippen molar-refractivity contribution in [3.8, 4) is 22.5 Å². The molecule has 4 heterocycles. The van der Waals surface area contributed by atoms with Crippen LogP contribution in [-0.4, -0.2) is 64.7 Å². The quantitative estimate of drug-likeness (QED) is 0.205. The minimum absolute atomic E-state index is 0.135. The van der Waals surface area contributed by atoms with Crippen LogP contribution in [0.4, 0.5) is 4.79 Å². The molecule has 1 fully saturated rings. The van der Waals surface area contributed by atoms with E-state index < -0.39 is 17.3 Å². The Bertz CT molecular complexity index is 2000. The number of fused-ring (bicyclic) bond motifs is 1. The van der Waals surface area contributed by atoms with Gasteiger partial charge in [-0.3, -0.25) is 18.9 Å². The van der Waals surface area contributed by atoms with Crippen molar-refractivity contribution in [3.05, 3.63) is 85.7 Å². The number of carbonyl (C=O) groups is 1. The molecule has 2 N–H and O–H groups in total. The normalized spacial score (nSPS) is 15.1. The second kappa shape index (κ2) is 13.4. The van der Waals surface area contributed by atoms with E-state index in [-0.39, 0.29) is 17.6 Å². The number of likely N-dealkylation sites (tertiary alicyclic amines) is 1. The number of nitrogens with zero attached hydrogens (tertiary/aromatic N) is 6. The van der Waals surface area contributed by atoms with Gasteiger partial charge in [0.2, 0.25) is 0 Å². The van der Waals surface area contributed by atoms with Crippen molar-refractivity contribution >= 4 is 40.1 Å². The Kier molecular flexibility index (Phi) is 9.45. The highest BCUT2D eigenvalue weighted by atomic mass is 35.5. The summed E-state index contributed by atoms with van der Waals surface area (Å²) in [6.45, 7) is 9.91. The van der Waals surface area contributed by atoms with Crippen LogP contribution < -0.4 is 10.9 Å². The van der Waals surface area contributed by atoms with E-state index in [4.69, 9.17) is 16.3 Å². The van der Waals surface area contributed by atoms with Gasteiger partial charge < -0.3 is 15.2 Å². The summed E-state index contributed by atoms with van der Waals surface area (Å²) in [7, 11) is 1.78. The topological polar surface area (TPSA) is 127 Å². The van der Waals surface area contributed by atoms with Gasteiger partial charge in [0.15, 0.2) is 5.52 Å². The van der Waals surface area contributed by atoms with Gasteiger partial charge in [-0.05, 0) is 57.7 Å². The number of carbonyl (C=O) groups excluding carboxylic acids is 1. The van der Waals surface area contributed by atoms with Crippen LogP contribution in [0.5, 0.6) is 0 Å². The molecule has 0 saturated carbocycles. The number of ether oxygens (including phenoxy) is 1. The Morgan fingerprint density at radius 3 is 2.46 bits per heavy atom. The number of nitrogens with one attached hydrogen (secondary N) is 1. The SMILES string of the molecule is Cc1nc(-c2ccc(CN3CCC(O)(Cn4cnc5c(-c6ccc(CNC(=O)OC(C)(C)C)cc6)n(C)nc5c4=O)CC3)c(Cl)c2)cs1. The summed E-state index contributed by atoms with van der Waals surface area (Å²) in [5, 5.41) is 22.5. The van der Waals surface area contributed by atoms with Crippen molar-refractivity contribution in [1.82, 2.24) is 34.5 Å². The largest absolute Gasteiger partial charge is 0.444 e. The molecule has 11 nitrogen and oxygen atoms in total. The zero-order chi connectivity index (χ0) is 34.2. The highest BCUT2D eigenvalue weighted by Gasteiger charge is 2.34. The molecule has 1 aliphatic heterocycles. The van der Waals surface area contributed by atoms with E-state index in [9.17, 15) is 14.7 Å². The minimum Gasteiger partial charge on any atom is -0.444 e. The Morgan fingerprint density at radius 1 is 1.10 bits per heavy atom. The zero-order valence-corrected chi connectivity index (χ0v) is 29.4. The number of thiazole rings is 1. The minimum atomic E-state index is -1.05. The molecule has 2 aromatic carbocycles. The molecule has 5 aromatic rings. The van der Waals surface area contributed by atoms with Crippen molar-refractivity contribution in [1.29, 1.82) is 0 Å². The highest BCUT2D eigenvalue weighted by Crippen LogP contribution is 2.30. The van der Waals surface area contributed by atoms with Crippen LogP contribution in [0.3, 0.4) is 0 Å².